The van der Waals surface area contributed by atoms with Gasteiger partial charge in [-0.25, -0.2) is 13.9 Å². The number of nitrogen functional groups attached to an aromatic ring is 1. The lowest BCUT2D eigenvalue weighted by Gasteiger charge is -2.19. The predicted octanol–water partition coefficient (Wildman–Crippen LogP) is 3.92. The number of pyridine rings is 1. The Labute approximate surface area is 194 Å². The smallest absolute Gasteiger partial charge is 0.407 e. The van der Waals surface area contributed by atoms with Crippen LogP contribution in [-0.4, -0.2) is 36.8 Å². The average molecular weight is 460 g/mol. The van der Waals surface area contributed by atoms with Crippen molar-refractivity contribution in [2.45, 2.75) is 13.1 Å². The maximum absolute atomic E-state index is 13.5. The molecule has 2 amide bonds. The van der Waals surface area contributed by atoms with Crippen molar-refractivity contribution in [3.63, 3.8) is 0 Å². The first-order valence-corrected chi connectivity index (χ1v) is 10.3. The zero-order chi connectivity index (χ0) is 24.1. The molecule has 0 fully saturated rings. The van der Waals surface area contributed by atoms with Gasteiger partial charge in [0.2, 0.25) is 0 Å². The number of amides is 2. The molecule has 2 heterocycles. The van der Waals surface area contributed by atoms with Gasteiger partial charge in [0.1, 0.15) is 5.82 Å². The summed E-state index contributed by atoms with van der Waals surface area (Å²) in [6.45, 7) is 0.343. The van der Waals surface area contributed by atoms with Gasteiger partial charge in [0, 0.05) is 24.5 Å². The van der Waals surface area contributed by atoms with E-state index in [4.69, 9.17) is 5.73 Å². The second kappa shape index (κ2) is 9.82. The fourth-order valence-electron chi connectivity index (χ4n) is 3.30. The Bertz CT molecular complexity index is 1310. The Balaban J connectivity index is 1.42. The van der Waals surface area contributed by atoms with Crippen LogP contribution in [0, 0.1) is 5.82 Å². The van der Waals surface area contributed by atoms with Gasteiger partial charge in [-0.1, -0.05) is 24.3 Å². The Morgan fingerprint density at radius 2 is 1.82 bits per heavy atom. The van der Waals surface area contributed by atoms with Crippen LogP contribution < -0.4 is 11.1 Å². The summed E-state index contributed by atoms with van der Waals surface area (Å²) in [5.41, 5.74) is 8.48. The summed E-state index contributed by atoms with van der Waals surface area (Å²) in [5, 5.41) is 16.4. The highest BCUT2D eigenvalue weighted by Gasteiger charge is 2.15. The van der Waals surface area contributed by atoms with Gasteiger partial charge in [0.05, 0.1) is 24.1 Å². The topological polar surface area (TPSA) is 126 Å². The fourth-order valence-corrected chi connectivity index (χ4v) is 3.30. The Morgan fingerprint density at radius 1 is 1.06 bits per heavy atom. The van der Waals surface area contributed by atoms with E-state index in [0.29, 0.717) is 11.3 Å². The lowest BCUT2D eigenvalue weighted by Crippen LogP contribution is -2.28. The number of hydrogen-bond donors (Lipinski definition) is 3. The highest BCUT2D eigenvalue weighted by atomic mass is 19.1. The fraction of sp³-hybridized carbons (Fsp3) is 0.0833. The van der Waals surface area contributed by atoms with Crippen molar-refractivity contribution in [3.8, 4) is 5.69 Å². The highest BCUT2D eigenvalue weighted by Crippen LogP contribution is 2.20. The molecule has 0 aliphatic rings. The molecule has 2 aromatic carbocycles. The van der Waals surface area contributed by atoms with Crippen molar-refractivity contribution in [3.05, 3.63) is 102 Å². The first-order valence-electron chi connectivity index (χ1n) is 10.3. The molecule has 2 aromatic heterocycles. The molecule has 0 spiro atoms. The second-order valence-electron chi connectivity index (χ2n) is 7.51. The zero-order valence-corrected chi connectivity index (χ0v) is 17.9. The third-order valence-electron chi connectivity index (χ3n) is 5.00. The first kappa shape index (κ1) is 22.5. The van der Waals surface area contributed by atoms with Crippen LogP contribution in [0.4, 0.5) is 20.7 Å². The van der Waals surface area contributed by atoms with Gasteiger partial charge in [0.25, 0.3) is 5.91 Å². The number of hydrogen-bond acceptors (Lipinski definition) is 5. The van der Waals surface area contributed by atoms with Crippen molar-refractivity contribution < 1.29 is 19.1 Å². The number of benzene rings is 2. The molecule has 34 heavy (non-hydrogen) atoms. The van der Waals surface area contributed by atoms with Crippen LogP contribution in [0.2, 0.25) is 0 Å². The predicted molar refractivity (Wildman–Crippen MR) is 124 cm³/mol. The number of nitrogens with zero attached hydrogens (tertiary/aromatic N) is 4. The van der Waals surface area contributed by atoms with E-state index in [1.807, 2.05) is 0 Å². The summed E-state index contributed by atoms with van der Waals surface area (Å²) in [5.74, 6) is -0.709. The van der Waals surface area contributed by atoms with E-state index in [-0.39, 0.29) is 24.6 Å². The minimum absolute atomic E-state index is 0.145. The molecule has 0 unspecified atom stereocenters. The second-order valence-corrected chi connectivity index (χ2v) is 7.51. The summed E-state index contributed by atoms with van der Waals surface area (Å²) < 4.78 is 14.9. The van der Waals surface area contributed by atoms with Gasteiger partial charge in [-0.2, -0.15) is 0 Å². The lowest BCUT2D eigenvalue weighted by atomic mass is 10.1. The number of rotatable bonds is 7. The Morgan fingerprint density at radius 3 is 2.50 bits per heavy atom. The highest BCUT2D eigenvalue weighted by molar-refractivity contribution is 6.05. The monoisotopic (exact) mass is 460 g/mol. The van der Waals surface area contributed by atoms with Gasteiger partial charge in [0.15, 0.2) is 5.82 Å². The molecule has 0 saturated heterocycles. The largest absolute Gasteiger partial charge is 0.465 e. The molecule has 172 valence electrons. The number of carbonyl (C=O) groups is 2. The SMILES string of the molecule is Nc1cn(-c2cccc(F)c2)nc1NC(=O)c1ccc(CN(Cc2cccnc2)C(=O)O)cc1. The zero-order valence-electron chi connectivity index (χ0n) is 17.9. The molecule has 9 nitrogen and oxygen atoms in total. The van der Waals surface area contributed by atoms with E-state index < -0.39 is 17.8 Å². The van der Waals surface area contributed by atoms with E-state index in [1.54, 1.807) is 60.9 Å². The third-order valence-corrected chi connectivity index (χ3v) is 5.00. The van der Waals surface area contributed by atoms with Crippen LogP contribution in [-0.2, 0) is 13.1 Å². The standard InChI is InChI=1S/C24H21FN6O3/c25-19-4-1-5-20(11-19)31-15-21(26)22(29-31)28-23(32)18-8-6-16(7-9-18)13-30(24(33)34)14-17-3-2-10-27-12-17/h1-12,15H,13-14,26H2,(H,33,34)(H,28,29,32). The molecular formula is C24H21FN6O3. The number of anilines is 2. The van der Waals surface area contributed by atoms with Crippen LogP contribution in [0.1, 0.15) is 21.5 Å². The minimum atomic E-state index is -1.06. The average Bonchev–Trinajstić information content (AvgIpc) is 3.20. The maximum atomic E-state index is 13.5. The van der Waals surface area contributed by atoms with Crippen molar-refractivity contribution in [2.24, 2.45) is 0 Å². The number of carboxylic acid groups (broad SMARTS) is 1. The molecule has 10 heteroatoms. The minimum Gasteiger partial charge on any atom is -0.465 e. The van der Waals surface area contributed by atoms with Crippen LogP contribution in [0.25, 0.3) is 5.69 Å². The Kier molecular flexibility index (Phi) is 6.49. The van der Waals surface area contributed by atoms with Gasteiger partial charge < -0.3 is 16.2 Å². The molecule has 0 atom stereocenters. The van der Waals surface area contributed by atoms with Gasteiger partial charge in [-0.15, -0.1) is 5.10 Å². The quantitative estimate of drug-likeness (QED) is 0.384. The van der Waals surface area contributed by atoms with E-state index >= 15 is 0 Å². The summed E-state index contributed by atoms with van der Waals surface area (Å²) >= 11 is 0. The molecule has 4 N–H and O–H groups in total. The van der Waals surface area contributed by atoms with Gasteiger partial charge in [-0.05, 0) is 47.5 Å². The third kappa shape index (κ3) is 5.36. The lowest BCUT2D eigenvalue weighted by molar-refractivity contribution is 0.102. The molecule has 4 rings (SSSR count). The summed E-state index contributed by atoms with van der Waals surface area (Å²) in [6.07, 6.45) is 3.66. The number of aromatic nitrogens is 3. The van der Waals surface area contributed by atoms with Crippen molar-refractivity contribution in [1.29, 1.82) is 0 Å². The molecular weight excluding hydrogens is 439 g/mol. The summed E-state index contributed by atoms with van der Waals surface area (Å²) in [6, 6.07) is 15.9. The number of halogens is 1. The molecule has 0 aliphatic heterocycles. The molecule has 0 saturated carbocycles. The van der Waals surface area contributed by atoms with Crippen molar-refractivity contribution in [1.82, 2.24) is 19.7 Å². The molecule has 0 radical (unpaired) electrons. The normalized spacial score (nSPS) is 10.6. The van der Waals surface area contributed by atoms with Crippen molar-refractivity contribution in [2.75, 3.05) is 11.1 Å². The molecule has 4 aromatic rings. The van der Waals surface area contributed by atoms with Crippen LogP contribution in [0.3, 0.4) is 0 Å². The summed E-state index contributed by atoms with van der Waals surface area (Å²) in [4.78, 5) is 29.6. The number of carbonyl (C=O) groups excluding carboxylic acids is 1. The molecule has 0 bridgehead atoms. The van der Waals surface area contributed by atoms with Crippen LogP contribution in [0.15, 0.2) is 79.3 Å². The first-order chi connectivity index (χ1) is 16.4. The van der Waals surface area contributed by atoms with E-state index in [1.165, 1.54) is 27.9 Å². The van der Waals surface area contributed by atoms with Gasteiger partial charge >= 0.3 is 6.09 Å². The van der Waals surface area contributed by atoms with Crippen LogP contribution in [0.5, 0.6) is 0 Å². The summed E-state index contributed by atoms with van der Waals surface area (Å²) in [7, 11) is 0. The van der Waals surface area contributed by atoms with E-state index in [0.717, 1.165) is 11.1 Å². The van der Waals surface area contributed by atoms with Gasteiger partial charge in [-0.3, -0.25) is 14.7 Å². The van der Waals surface area contributed by atoms with Crippen LogP contribution >= 0.6 is 0 Å². The van der Waals surface area contributed by atoms with Crippen molar-refractivity contribution >= 4 is 23.5 Å². The molecule has 0 aliphatic carbocycles. The number of nitrogens with one attached hydrogen (secondary N) is 1. The number of nitrogens with two attached hydrogens (primary N) is 1. The Hall–Kier alpha value is -4.73. The maximum Gasteiger partial charge on any atom is 0.407 e. The van der Waals surface area contributed by atoms with E-state index in [9.17, 15) is 19.1 Å². The van der Waals surface area contributed by atoms with E-state index in [2.05, 4.69) is 15.4 Å².